The molecule has 0 N–H and O–H groups in total. The van der Waals surface area contributed by atoms with Crippen LogP contribution in [0.25, 0.3) is 0 Å². The first-order chi connectivity index (χ1) is 8.69. The Hall–Kier alpha value is -1.82. The average Bonchev–Trinajstić information content (AvgIpc) is 3.23. The zero-order valence-corrected chi connectivity index (χ0v) is 10.7. The van der Waals surface area contributed by atoms with Crippen LogP contribution in [0.4, 0.5) is 0 Å². The molecule has 1 saturated carbocycles. The fourth-order valence-corrected chi connectivity index (χ4v) is 2.28. The minimum Gasteiger partial charge on any atom is -0.496 e. The topological polar surface area (TPSA) is 50.1 Å². The Labute approximate surface area is 107 Å². The summed E-state index contributed by atoms with van der Waals surface area (Å²) < 4.78 is 5.23. The Morgan fingerprint density at radius 3 is 2.67 bits per heavy atom. The number of methoxy groups -OCH3 is 1. The summed E-state index contributed by atoms with van der Waals surface area (Å²) in [5.74, 6) is 0.365. The van der Waals surface area contributed by atoms with Crippen molar-refractivity contribution in [3.8, 4) is 11.8 Å². The summed E-state index contributed by atoms with van der Waals surface area (Å²) in [6.45, 7) is 1.93. The fraction of sp³-hybridized carbons (Fsp3) is 0.467. The predicted molar refractivity (Wildman–Crippen MR) is 68.2 cm³/mol. The van der Waals surface area contributed by atoms with E-state index in [1.54, 1.807) is 19.2 Å². The number of Topliss-reactive ketones (excluding diaryl/α,β-unsaturated/α-hetero) is 1. The highest BCUT2D eigenvalue weighted by Gasteiger charge is 2.37. The molecule has 0 aromatic heterocycles. The van der Waals surface area contributed by atoms with Crippen LogP contribution in [0, 0.1) is 23.2 Å². The number of hydrogen-bond acceptors (Lipinski definition) is 3. The number of ether oxygens (including phenoxy) is 1. The number of nitriles is 1. The molecule has 0 amide bonds. The van der Waals surface area contributed by atoms with E-state index in [0.29, 0.717) is 17.2 Å². The molecule has 0 bridgehead atoms. The van der Waals surface area contributed by atoms with Gasteiger partial charge in [-0.2, -0.15) is 5.26 Å². The molecule has 1 aromatic rings. The van der Waals surface area contributed by atoms with Crippen molar-refractivity contribution in [2.45, 2.75) is 25.7 Å². The molecular formula is C15H17NO2. The maximum atomic E-state index is 12.3. The molecule has 1 aromatic carbocycles. The first-order valence-corrected chi connectivity index (χ1v) is 6.25. The van der Waals surface area contributed by atoms with Crippen LogP contribution in [0.15, 0.2) is 24.3 Å². The Bertz CT molecular complexity index is 486. The van der Waals surface area contributed by atoms with E-state index in [4.69, 9.17) is 4.74 Å². The normalized spacial score (nSPS) is 17.6. The van der Waals surface area contributed by atoms with Gasteiger partial charge in [0.1, 0.15) is 11.7 Å². The van der Waals surface area contributed by atoms with Crippen molar-refractivity contribution in [3.05, 3.63) is 29.8 Å². The zero-order chi connectivity index (χ0) is 13.1. The van der Waals surface area contributed by atoms with Gasteiger partial charge < -0.3 is 4.74 Å². The second-order valence-electron chi connectivity index (χ2n) is 4.83. The lowest BCUT2D eigenvalue weighted by Gasteiger charge is -2.16. The second kappa shape index (κ2) is 5.22. The van der Waals surface area contributed by atoms with E-state index in [-0.39, 0.29) is 11.7 Å². The number of carbonyl (C=O) groups excluding carboxylic acids is 1. The summed E-state index contributed by atoms with van der Waals surface area (Å²) in [7, 11) is 1.56. The molecule has 0 saturated heterocycles. The van der Waals surface area contributed by atoms with Crippen molar-refractivity contribution >= 4 is 5.78 Å². The van der Waals surface area contributed by atoms with E-state index in [1.165, 1.54) is 0 Å². The highest BCUT2D eigenvalue weighted by atomic mass is 16.5. The van der Waals surface area contributed by atoms with Crippen molar-refractivity contribution in [1.82, 2.24) is 0 Å². The minimum atomic E-state index is -0.711. The standard InChI is InChI=1S/C15H17NO2/c1-10(11-7-8-11)15(17)13(9-16)12-5-3-4-6-14(12)18-2/h3-6,10-11,13H,7-8H2,1-2H3. The summed E-state index contributed by atoms with van der Waals surface area (Å²) >= 11 is 0. The number of ketones is 1. The molecule has 2 rings (SSSR count). The third-order valence-corrected chi connectivity index (χ3v) is 3.64. The number of benzene rings is 1. The number of nitrogens with zero attached hydrogens (tertiary/aromatic N) is 1. The summed E-state index contributed by atoms with van der Waals surface area (Å²) in [5.41, 5.74) is 0.681. The molecule has 1 aliphatic rings. The highest BCUT2D eigenvalue weighted by molar-refractivity contribution is 5.91. The third kappa shape index (κ3) is 2.38. The van der Waals surface area contributed by atoms with E-state index in [2.05, 4.69) is 6.07 Å². The number of para-hydroxylation sites is 1. The highest BCUT2D eigenvalue weighted by Crippen LogP contribution is 2.40. The van der Waals surface area contributed by atoms with Gasteiger partial charge in [0, 0.05) is 11.5 Å². The van der Waals surface area contributed by atoms with Crippen LogP contribution in [0.2, 0.25) is 0 Å². The smallest absolute Gasteiger partial charge is 0.157 e. The van der Waals surface area contributed by atoms with Gasteiger partial charge in [0.15, 0.2) is 5.78 Å². The molecule has 0 radical (unpaired) electrons. The van der Waals surface area contributed by atoms with Crippen LogP contribution in [0.5, 0.6) is 5.75 Å². The summed E-state index contributed by atoms with van der Waals surface area (Å²) in [6.07, 6.45) is 2.22. The molecule has 1 fully saturated rings. The van der Waals surface area contributed by atoms with Crippen LogP contribution in [-0.2, 0) is 4.79 Å². The summed E-state index contributed by atoms with van der Waals surface area (Å²) in [4.78, 5) is 12.3. The molecule has 94 valence electrons. The maximum absolute atomic E-state index is 12.3. The first kappa shape index (κ1) is 12.6. The van der Waals surface area contributed by atoms with Gasteiger partial charge in [-0.1, -0.05) is 25.1 Å². The lowest BCUT2D eigenvalue weighted by atomic mass is 9.86. The van der Waals surface area contributed by atoms with Gasteiger partial charge in [-0.25, -0.2) is 0 Å². The van der Waals surface area contributed by atoms with Gasteiger partial charge in [-0.05, 0) is 24.8 Å². The van der Waals surface area contributed by atoms with Crippen LogP contribution in [0.1, 0.15) is 31.2 Å². The fourth-order valence-electron chi connectivity index (χ4n) is 2.28. The average molecular weight is 243 g/mol. The molecule has 3 nitrogen and oxygen atoms in total. The lowest BCUT2D eigenvalue weighted by molar-refractivity contribution is -0.123. The molecule has 2 atom stereocenters. The van der Waals surface area contributed by atoms with Crippen molar-refractivity contribution in [2.75, 3.05) is 7.11 Å². The van der Waals surface area contributed by atoms with E-state index >= 15 is 0 Å². The first-order valence-electron chi connectivity index (χ1n) is 6.25. The van der Waals surface area contributed by atoms with Crippen LogP contribution < -0.4 is 4.74 Å². The molecule has 0 aliphatic heterocycles. The predicted octanol–water partition coefficient (Wildman–Crippen LogP) is 2.92. The number of carbonyl (C=O) groups is 1. The molecule has 0 spiro atoms. The van der Waals surface area contributed by atoms with Crippen LogP contribution in [-0.4, -0.2) is 12.9 Å². The molecule has 1 aliphatic carbocycles. The van der Waals surface area contributed by atoms with Crippen molar-refractivity contribution in [1.29, 1.82) is 5.26 Å². The minimum absolute atomic E-state index is 0.0181. The zero-order valence-electron chi connectivity index (χ0n) is 10.7. The molecule has 3 heteroatoms. The maximum Gasteiger partial charge on any atom is 0.157 e. The summed E-state index contributed by atoms with van der Waals surface area (Å²) in [5, 5.41) is 9.29. The lowest BCUT2D eigenvalue weighted by Crippen LogP contribution is -2.21. The van der Waals surface area contributed by atoms with Crippen LogP contribution in [0.3, 0.4) is 0 Å². The SMILES string of the molecule is COc1ccccc1C(C#N)C(=O)C(C)C1CC1. The van der Waals surface area contributed by atoms with Gasteiger partial charge in [0.2, 0.25) is 0 Å². The van der Waals surface area contributed by atoms with Crippen molar-refractivity contribution in [3.63, 3.8) is 0 Å². The van der Waals surface area contributed by atoms with E-state index in [9.17, 15) is 10.1 Å². The monoisotopic (exact) mass is 243 g/mol. The Morgan fingerprint density at radius 2 is 2.11 bits per heavy atom. The largest absolute Gasteiger partial charge is 0.496 e. The summed E-state index contributed by atoms with van der Waals surface area (Å²) in [6, 6.07) is 9.38. The molecular weight excluding hydrogens is 226 g/mol. The van der Waals surface area contributed by atoms with E-state index in [0.717, 1.165) is 12.8 Å². The van der Waals surface area contributed by atoms with E-state index in [1.807, 2.05) is 19.1 Å². The number of rotatable bonds is 5. The van der Waals surface area contributed by atoms with Gasteiger partial charge >= 0.3 is 0 Å². The second-order valence-corrected chi connectivity index (χ2v) is 4.83. The quantitative estimate of drug-likeness (QED) is 0.799. The third-order valence-electron chi connectivity index (χ3n) is 3.64. The van der Waals surface area contributed by atoms with E-state index < -0.39 is 5.92 Å². The van der Waals surface area contributed by atoms with Crippen molar-refractivity contribution in [2.24, 2.45) is 11.8 Å². The van der Waals surface area contributed by atoms with Gasteiger partial charge in [-0.3, -0.25) is 4.79 Å². The van der Waals surface area contributed by atoms with Gasteiger partial charge in [0.25, 0.3) is 0 Å². The van der Waals surface area contributed by atoms with Gasteiger partial charge in [-0.15, -0.1) is 0 Å². The van der Waals surface area contributed by atoms with Gasteiger partial charge in [0.05, 0.1) is 13.2 Å². The molecule has 2 unspecified atom stereocenters. The Balaban J connectivity index is 2.27. The Kier molecular flexibility index (Phi) is 3.66. The molecule has 18 heavy (non-hydrogen) atoms. The number of hydrogen-bond donors (Lipinski definition) is 0. The van der Waals surface area contributed by atoms with Crippen molar-refractivity contribution < 1.29 is 9.53 Å². The Morgan fingerprint density at radius 1 is 1.44 bits per heavy atom. The molecule has 0 heterocycles. The van der Waals surface area contributed by atoms with Crippen LogP contribution >= 0.6 is 0 Å².